The molecule has 1 fully saturated rings. The van der Waals surface area contributed by atoms with Crippen LogP contribution in [0.3, 0.4) is 0 Å². The summed E-state index contributed by atoms with van der Waals surface area (Å²) >= 11 is 0. The van der Waals surface area contributed by atoms with Crippen molar-refractivity contribution in [1.82, 2.24) is 29.9 Å². The molecule has 3 atom stereocenters. The number of alkyl halides is 3. The molecular formula is C33H42F3N7O5Si. The first-order valence-corrected chi connectivity index (χ1v) is 19.7. The van der Waals surface area contributed by atoms with Crippen molar-refractivity contribution in [1.29, 1.82) is 0 Å². The number of piperidine rings is 1. The quantitative estimate of drug-likeness (QED) is 0.156. The zero-order chi connectivity index (χ0) is 35.8. The number of aryl methyl sites for hydroxylation is 2. The highest BCUT2D eigenvalue weighted by Crippen LogP contribution is 2.40. The standard InChI is InChI=1S/C33H42F3N7O5Si/c1-18-27(19(2)48-41-18)29(47-10-11-49(5,6)7)20-8-9-23-24(14-37-26(23)13-20)28-25(33(34,35)36)15-38-31(40-28)39-22-12-21(30(44)42(3)4)16-43(17-22)32(45)46/h8-9,13-15,21-22,29,37H,10-12,16-17H2,1-7H3,(H,45,46)(H,38,39,40)/t21-,22+,29?/m1/s1. The predicted molar refractivity (Wildman–Crippen MR) is 180 cm³/mol. The third-order valence-electron chi connectivity index (χ3n) is 8.69. The van der Waals surface area contributed by atoms with Gasteiger partial charge in [-0.15, -0.1) is 0 Å². The summed E-state index contributed by atoms with van der Waals surface area (Å²) in [6.07, 6.45) is -4.01. The van der Waals surface area contributed by atoms with Gasteiger partial charge in [-0.25, -0.2) is 14.8 Å². The molecule has 0 bridgehead atoms. The van der Waals surface area contributed by atoms with Gasteiger partial charge in [0.15, 0.2) is 0 Å². The smallest absolute Gasteiger partial charge is 0.419 e. The zero-order valence-electron chi connectivity index (χ0n) is 28.6. The van der Waals surface area contributed by atoms with Crippen molar-refractivity contribution in [3.8, 4) is 11.3 Å². The maximum atomic E-state index is 14.3. The molecule has 2 amide bonds. The fraction of sp³-hybridized carbons (Fsp3) is 0.485. The minimum Gasteiger partial charge on any atom is -0.465 e. The maximum Gasteiger partial charge on any atom is 0.419 e. The average Bonchev–Trinajstić information content (AvgIpc) is 3.59. The van der Waals surface area contributed by atoms with Crippen LogP contribution in [0.2, 0.25) is 25.7 Å². The maximum absolute atomic E-state index is 14.3. The number of aromatic nitrogens is 4. The number of nitrogens with zero attached hydrogens (tertiary/aromatic N) is 5. The Bertz CT molecular complexity index is 1820. The van der Waals surface area contributed by atoms with Crippen LogP contribution >= 0.6 is 0 Å². The van der Waals surface area contributed by atoms with Crippen LogP contribution in [-0.2, 0) is 15.7 Å². The number of benzene rings is 1. The molecule has 0 radical (unpaired) electrons. The van der Waals surface area contributed by atoms with E-state index in [2.05, 4.69) is 45.1 Å². The Morgan fingerprint density at radius 1 is 1.22 bits per heavy atom. The lowest BCUT2D eigenvalue weighted by molar-refractivity contribution is -0.137. The summed E-state index contributed by atoms with van der Waals surface area (Å²) < 4.78 is 54.9. The Hall–Kier alpha value is -4.44. The van der Waals surface area contributed by atoms with E-state index < -0.39 is 44.0 Å². The molecule has 0 saturated carbocycles. The Balaban J connectivity index is 1.50. The fourth-order valence-electron chi connectivity index (χ4n) is 6.15. The van der Waals surface area contributed by atoms with Gasteiger partial charge in [-0.2, -0.15) is 13.2 Å². The van der Waals surface area contributed by atoms with Crippen molar-refractivity contribution in [2.24, 2.45) is 5.92 Å². The van der Waals surface area contributed by atoms with Gasteiger partial charge in [0.1, 0.15) is 17.4 Å². The molecule has 1 aliphatic heterocycles. The lowest BCUT2D eigenvalue weighted by atomic mass is 9.93. The molecule has 16 heteroatoms. The molecule has 49 heavy (non-hydrogen) atoms. The summed E-state index contributed by atoms with van der Waals surface area (Å²) in [5, 5.41) is 17.3. The number of amides is 2. The number of rotatable bonds is 10. The summed E-state index contributed by atoms with van der Waals surface area (Å²) in [4.78, 5) is 38.4. The van der Waals surface area contributed by atoms with Gasteiger partial charge in [0.2, 0.25) is 11.9 Å². The van der Waals surface area contributed by atoms with Gasteiger partial charge in [0.25, 0.3) is 0 Å². The third-order valence-corrected chi connectivity index (χ3v) is 10.4. The van der Waals surface area contributed by atoms with Gasteiger partial charge < -0.3 is 34.5 Å². The van der Waals surface area contributed by atoms with Crippen LogP contribution in [0.25, 0.3) is 22.2 Å². The number of H-pyrrole nitrogens is 1. The first-order chi connectivity index (χ1) is 22.9. The van der Waals surface area contributed by atoms with Crippen molar-refractivity contribution < 1.29 is 37.1 Å². The normalized spacial score (nSPS) is 17.7. The molecule has 1 saturated heterocycles. The van der Waals surface area contributed by atoms with Gasteiger partial charge in [0, 0.05) is 76.8 Å². The Kier molecular flexibility index (Phi) is 10.1. The number of halogens is 3. The summed E-state index contributed by atoms with van der Waals surface area (Å²) in [5.41, 5.74) is 1.71. The monoisotopic (exact) mass is 701 g/mol. The number of carbonyl (C=O) groups is 2. The summed E-state index contributed by atoms with van der Waals surface area (Å²) in [5.74, 6) is -0.372. The minimum absolute atomic E-state index is 0.00836. The van der Waals surface area contributed by atoms with Crippen molar-refractivity contribution in [3.63, 3.8) is 0 Å². The Morgan fingerprint density at radius 3 is 2.57 bits per heavy atom. The molecule has 264 valence electrons. The molecule has 3 aromatic heterocycles. The first kappa shape index (κ1) is 35.9. The van der Waals surface area contributed by atoms with Crippen LogP contribution in [0, 0.1) is 19.8 Å². The van der Waals surface area contributed by atoms with Crippen LogP contribution in [0.1, 0.15) is 40.7 Å². The van der Waals surface area contributed by atoms with Gasteiger partial charge >= 0.3 is 12.3 Å². The molecule has 1 unspecified atom stereocenters. The molecule has 4 aromatic rings. The number of carboxylic acid groups (broad SMARTS) is 1. The molecule has 3 N–H and O–H groups in total. The van der Waals surface area contributed by atoms with E-state index in [1.165, 1.54) is 11.1 Å². The fourth-order valence-corrected chi connectivity index (χ4v) is 6.88. The molecule has 12 nitrogen and oxygen atoms in total. The first-order valence-electron chi connectivity index (χ1n) is 16.0. The van der Waals surface area contributed by atoms with Crippen LogP contribution in [0.15, 0.2) is 35.1 Å². The lowest BCUT2D eigenvalue weighted by Gasteiger charge is -2.36. The van der Waals surface area contributed by atoms with E-state index in [1.54, 1.807) is 20.2 Å². The van der Waals surface area contributed by atoms with E-state index in [0.717, 1.165) is 28.3 Å². The largest absolute Gasteiger partial charge is 0.465 e. The number of ether oxygens (including phenoxy) is 1. The second kappa shape index (κ2) is 13.8. The second-order valence-corrected chi connectivity index (χ2v) is 19.6. The van der Waals surface area contributed by atoms with Gasteiger partial charge in [-0.3, -0.25) is 4.79 Å². The highest BCUT2D eigenvalue weighted by molar-refractivity contribution is 6.76. The molecule has 4 heterocycles. The number of aromatic amines is 1. The van der Waals surface area contributed by atoms with E-state index in [9.17, 15) is 27.9 Å². The minimum atomic E-state index is -4.76. The highest BCUT2D eigenvalue weighted by Gasteiger charge is 2.38. The number of anilines is 1. The van der Waals surface area contributed by atoms with Crippen molar-refractivity contribution in [2.45, 2.75) is 64.3 Å². The van der Waals surface area contributed by atoms with E-state index in [-0.39, 0.29) is 42.6 Å². The van der Waals surface area contributed by atoms with Crippen LogP contribution in [0.4, 0.5) is 23.9 Å². The molecular weight excluding hydrogens is 659 g/mol. The van der Waals surface area contributed by atoms with Crippen molar-refractivity contribution in [3.05, 3.63) is 58.7 Å². The molecule has 1 aromatic carbocycles. The summed E-state index contributed by atoms with van der Waals surface area (Å²) in [6.45, 7) is 11.0. The van der Waals surface area contributed by atoms with Crippen LogP contribution in [-0.4, -0.2) is 94.9 Å². The average molecular weight is 702 g/mol. The van der Waals surface area contributed by atoms with Crippen LogP contribution in [0.5, 0.6) is 0 Å². The van der Waals surface area contributed by atoms with E-state index >= 15 is 0 Å². The number of likely N-dealkylation sites (tertiary alicyclic amines) is 1. The van der Waals surface area contributed by atoms with Crippen molar-refractivity contribution >= 4 is 36.9 Å². The van der Waals surface area contributed by atoms with E-state index in [0.29, 0.717) is 29.0 Å². The topological polar surface area (TPSA) is 150 Å². The van der Waals surface area contributed by atoms with E-state index in [4.69, 9.17) is 9.26 Å². The third kappa shape index (κ3) is 8.07. The van der Waals surface area contributed by atoms with Gasteiger partial charge in [-0.05, 0) is 37.9 Å². The molecule has 0 aliphatic carbocycles. The SMILES string of the molecule is Cc1noc(C)c1C(OCC[Si](C)(C)C)c1ccc2c(-c3nc(N[C@H]4C[C@@H](C(=O)N(C)C)CN(C(=O)O)C4)ncc3C(F)(F)F)c[nH]c2c1. The zero-order valence-corrected chi connectivity index (χ0v) is 29.6. The van der Waals surface area contributed by atoms with E-state index in [1.807, 2.05) is 26.0 Å². The predicted octanol–water partition coefficient (Wildman–Crippen LogP) is 6.56. The second-order valence-electron chi connectivity index (χ2n) is 14.0. The lowest BCUT2D eigenvalue weighted by Crippen LogP contribution is -2.52. The molecule has 0 spiro atoms. The van der Waals surface area contributed by atoms with Crippen LogP contribution < -0.4 is 5.32 Å². The number of hydrogen-bond acceptors (Lipinski definition) is 8. The van der Waals surface area contributed by atoms with Gasteiger partial charge in [0.05, 0.1) is 22.9 Å². The molecule has 1 aliphatic rings. The molecule has 5 rings (SSSR count). The number of fused-ring (bicyclic) bond motifs is 1. The summed E-state index contributed by atoms with van der Waals surface area (Å²) in [6, 6.07) is 5.73. The summed E-state index contributed by atoms with van der Waals surface area (Å²) in [7, 11) is 1.76. The van der Waals surface area contributed by atoms with Crippen molar-refractivity contribution in [2.75, 3.05) is 39.1 Å². The number of hydrogen-bond donors (Lipinski definition) is 3. The highest BCUT2D eigenvalue weighted by atomic mass is 28.3. The number of nitrogens with one attached hydrogen (secondary N) is 2. The Morgan fingerprint density at radius 2 is 1.96 bits per heavy atom. The Labute approximate surface area is 283 Å². The number of carbonyl (C=O) groups excluding carboxylic acids is 1. The van der Waals surface area contributed by atoms with Gasteiger partial charge in [-0.1, -0.05) is 36.9 Å².